The third-order valence-electron chi connectivity index (χ3n) is 3.04. The largest absolute Gasteiger partial charge is 0.617 e. The Morgan fingerprint density at radius 3 is 2.10 bits per heavy atom. The fourth-order valence-corrected chi connectivity index (χ4v) is 2.09. The number of nitrogen functional groups attached to an aromatic ring is 1. The lowest BCUT2D eigenvalue weighted by Crippen LogP contribution is -2.39. The van der Waals surface area contributed by atoms with Gasteiger partial charge in [0.15, 0.2) is 0 Å². The minimum Gasteiger partial charge on any atom is -0.617 e. The van der Waals surface area contributed by atoms with E-state index in [0.29, 0.717) is 15.1 Å². The highest BCUT2D eigenvalue weighted by molar-refractivity contribution is 5.79. The number of aromatic nitrogens is 2. The number of nitro benzene ring substituents is 1. The highest BCUT2D eigenvalue weighted by Gasteiger charge is 2.23. The summed E-state index contributed by atoms with van der Waals surface area (Å²) in [6.45, 7) is 0. The van der Waals surface area contributed by atoms with Gasteiger partial charge < -0.3 is 16.1 Å². The van der Waals surface area contributed by atoms with Crippen molar-refractivity contribution in [2.24, 2.45) is 0 Å². The molecule has 2 N–H and O–H groups in total. The summed E-state index contributed by atoms with van der Waals surface area (Å²) in [5.74, 6) is 0. The van der Waals surface area contributed by atoms with Gasteiger partial charge in [0.25, 0.3) is 27.8 Å². The van der Waals surface area contributed by atoms with E-state index in [9.17, 15) is 20.5 Å². The molecular formula is C12H8N4O4. The first-order chi connectivity index (χ1) is 9.49. The highest BCUT2D eigenvalue weighted by atomic mass is 16.6. The first-order valence-electron chi connectivity index (χ1n) is 5.61. The van der Waals surface area contributed by atoms with Crippen molar-refractivity contribution in [3.63, 3.8) is 0 Å². The van der Waals surface area contributed by atoms with E-state index in [4.69, 9.17) is 5.73 Å². The summed E-state index contributed by atoms with van der Waals surface area (Å²) in [6, 6.07) is 7.81. The maximum atomic E-state index is 12.3. The summed E-state index contributed by atoms with van der Waals surface area (Å²) in [5.41, 5.74) is 5.85. The number of nitrogens with zero attached hydrogens (tertiary/aromatic N) is 3. The molecule has 0 amide bonds. The van der Waals surface area contributed by atoms with E-state index in [-0.39, 0.29) is 27.8 Å². The lowest BCUT2D eigenvalue weighted by Gasteiger charge is -2.07. The topological polar surface area (TPSA) is 123 Å². The van der Waals surface area contributed by atoms with Crippen LogP contribution in [0.4, 0.5) is 11.4 Å². The minimum absolute atomic E-state index is 0.0582. The second-order valence-corrected chi connectivity index (χ2v) is 4.27. The van der Waals surface area contributed by atoms with Crippen molar-refractivity contribution >= 4 is 33.4 Å². The number of hydrogen-bond acceptors (Lipinski definition) is 5. The fourth-order valence-electron chi connectivity index (χ4n) is 2.09. The van der Waals surface area contributed by atoms with Gasteiger partial charge in [0.05, 0.1) is 11.0 Å². The van der Waals surface area contributed by atoms with Crippen molar-refractivity contribution in [2.75, 3.05) is 5.73 Å². The van der Waals surface area contributed by atoms with Gasteiger partial charge in [0.2, 0.25) is 0 Å². The first-order valence-corrected chi connectivity index (χ1v) is 5.61. The third-order valence-corrected chi connectivity index (χ3v) is 3.04. The van der Waals surface area contributed by atoms with Crippen LogP contribution >= 0.6 is 0 Å². The number of nitrogens with two attached hydrogens (primary N) is 1. The Bertz CT molecular complexity index is 878. The highest BCUT2D eigenvalue weighted by Crippen LogP contribution is 2.19. The monoisotopic (exact) mass is 272 g/mol. The van der Waals surface area contributed by atoms with Gasteiger partial charge in [0, 0.05) is 30.0 Å². The van der Waals surface area contributed by atoms with Crippen LogP contribution in [-0.4, -0.2) is 4.92 Å². The number of anilines is 1. The van der Waals surface area contributed by atoms with Crippen molar-refractivity contribution in [3.05, 3.63) is 56.9 Å². The van der Waals surface area contributed by atoms with E-state index in [0.717, 1.165) is 6.07 Å². The van der Waals surface area contributed by atoms with Crippen LogP contribution in [0.5, 0.6) is 0 Å². The lowest BCUT2D eigenvalue weighted by molar-refractivity contribution is -0.591. The van der Waals surface area contributed by atoms with Gasteiger partial charge >= 0.3 is 0 Å². The van der Waals surface area contributed by atoms with Crippen molar-refractivity contribution < 1.29 is 14.4 Å². The predicted molar refractivity (Wildman–Crippen MR) is 70.4 cm³/mol. The standard InChI is InChI=1S/C12H8N4O4/c13-7-1-3-9-11(5-7)15(18)12-6-8(16(19)20)2-4-10(12)14(9)17/h1-6H,13H2. The van der Waals surface area contributed by atoms with Gasteiger partial charge in [-0.05, 0) is 6.07 Å². The van der Waals surface area contributed by atoms with Gasteiger partial charge in [-0.2, -0.15) is 9.46 Å². The van der Waals surface area contributed by atoms with Gasteiger partial charge in [0.1, 0.15) is 0 Å². The number of non-ortho nitro benzene ring substituents is 1. The molecule has 1 heterocycles. The Balaban J connectivity index is 2.52. The Morgan fingerprint density at radius 2 is 1.45 bits per heavy atom. The zero-order valence-corrected chi connectivity index (χ0v) is 10.0. The van der Waals surface area contributed by atoms with Gasteiger partial charge in [-0.25, -0.2) is 0 Å². The molecular weight excluding hydrogens is 264 g/mol. The third kappa shape index (κ3) is 1.55. The van der Waals surface area contributed by atoms with Gasteiger partial charge in [-0.3, -0.25) is 10.1 Å². The van der Waals surface area contributed by atoms with Gasteiger partial charge in [-0.1, -0.05) is 0 Å². The molecule has 3 aromatic rings. The maximum Gasteiger partial charge on any atom is 0.297 e. The van der Waals surface area contributed by atoms with E-state index < -0.39 is 4.92 Å². The second kappa shape index (κ2) is 3.92. The number of fused-ring (bicyclic) bond motifs is 2. The summed E-state index contributed by atoms with van der Waals surface area (Å²) in [4.78, 5) is 10.1. The van der Waals surface area contributed by atoms with Crippen LogP contribution in [0.15, 0.2) is 36.4 Å². The molecule has 0 saturated heterocycles. The zero-order chi connectivity index (χ0) is 14.4. The Morgan fingerprint density at radius 1 is 0.900 bits per heavy atom. The van der Waals surface area contributed by atoms with Crippen molar-refractivity contribution in [1.82, 2.24) is 0 Å². The molecule has 1 aromatic heterocycles. The smallest absolute Gasteiger partial charge is 0.297 e. The molecule has 3 rings (SSSR count). The van der Waals surface area contributed by atoms with E-state index in [1.54, 1.807) is 0 Å². The summed E-state index contributed by atoms with van der Waals surface area (Å²) >= 11 is 0. The summed E-state index contributed by atoms with van der Waals surface area (Å²) in [6.07, 6.45) is 0. The summed E-state index contributed by atoms with van der Waals surface area (Å²) in [7, 11) is 0. The van der Waals surface area contributed by atoms with E-state index in [2.05, 4.69) is 0 Å². The molecule has 0 aliphatic heterocycles. The molecule has 0 aliphatic carbocycles. The van der Waals surface area contributed by atoms with Crippen LogP contribution in [0.3, 0.4) is 0 Å². The normalized spacial score (nSPS) is 11.0. The molecule has 20 heavy (non-hydrogen) atoms. The van der Waals surface area contributed by atoms with Gasteiger partial charge in [-0.15, -0.1) is 0 Å². The minimum atomic E-state index is -0.627. The maximum absolute atomic E-state index is 12.3. The zero-order valence-electron chi connectivity index (χ0n) is 10.0. The average Bonchev–Trinajstić information content (AvgIpc) is 2.44. The van der Waals surface area contributed by atoms with Crippen molar-refractivity contribution in [2.45, 2.75) is 0 Å². The molecule has 0 aliphatic rings. The number of rotatable bonds is 1. The average molecular weight is 272 g/mol. The molecule has 0 saturated carbocycles. The molecule has 0 bridgehead atoms. The SMILES string of the molecule is Nc1ccc2c(c1)[n+]([O-])c1cc([N+](=O)[O-])ccc1[n+]2[O-]. The Kier molecular flexibility index (Phi) is 2.33. The molecule has 2 aromatic carbocycles. The summed E-state index contributed by atoms with van der Waals surface area (Å²) in [5, 5.41) is 35.2. The Hall–Kier alpha value is -3.16. The number of hydrogen-bond donors (Lipinski definition) is 1. The Labute approximate surface area is 111 Å². The molecule has 0 unspecified atom stereocenters. The quantitative estimate of drug-likeness (QED) is 0.175. The van der Waals surface area contributed by atoms with Crippen LogP contribution in [0.25, 0.3) is 22.1 Å². The molecule has 8 nitrogen and oxygen atoms in total. The molecule has 0 radical (unpaired) electrons. The van der Waals surface area contributed by atoms with E-state index in [1.807, 2.05) is 0 Å². The van der Waals surface area contributed by atoms with Crippen LogP contribution in [0.2, 0.25) is 0 Å². The lowest BCUT2D eigenvalue weighted by atomic mass is 10.2. The van der Waals surface area contributed by atoms with Crippen LogP contribution in [0, 0.1) is 20.5 Å². The number of benzene rings is 2. The molecule has 100 valence electrons. The molecule has 0 fully saturated rings. The number of nitro groups is 1. The van der Waals surface area contributed by atoms with Crippen molar-refractivity contribution in [3.8, 4) is 0 Å². The van der Waals surface area contributed by atoms with Crippen LogP contribution in [0.1, 0.15) is 0 Å². The van der Waals surface area contributed by atoms with E-state index >= 15 is 0 Å². The molecule has 0 atom stereocenters. The predicted octanol–water partition coefficient (Wildman–Crippen LogP) is 0.750. The molecule has 8 heteroatoms. The van der Waals surface area contributed by atoms with E-state index in [1.165, 1.54) is 30.3 Å². The second-order valence-electron chi connectivity index (χ2n) is 4.27. The summed E-state index contributed by atoms with van der Waals surface area (Å²) < 4.78 is 1.03. The van der Waals surface area contributed by atoms with Crippen molar-refractivity contribution in [1.29, 1.82) is 0 Å². The van der Waals surface area contributed by atoms with Crippen LogP contribution in [-0.2, 0) is 0 Å². The fraction of sp³-hybridized carbons (Fsp3) is 0. The molecule has 0 spiro atoms. The first kappa shape index (κ1) is 11.9. The van der Waals surface area contributed by atoms with Crippen LogP contribution < -0.4 is 15.2 Å².